The van der Waals surface area contributed by atoms with Crippen molar-refractivity contribution in [2.75, 3.05) is 7.11 Å². The van der Waals surface area contributed by atoms with E-state index in [1.807, 2.05) is 31.2 Å². The Morgan fingerprint density at radius 1 is 1.47 bits per heavy atom. The molecule has 1 rings (SSSR count). The summed E-state index contributed by atoms with van der Waals surface area (Å²) in [4.78, 5) is 11.6. The van der Waals surface area contributed by atoms with Gasteiger partial charge in [-0.3, -0.25) is 4.79 Å². The number of carbonyl (C=O) groups excluding carboxylic acids is 1. The number of hydrogen-bond donors (Lipinski definition) is 1. The number of hydrogen-bond acceptors (Lipinski definition) is 4. The zero-order valence-electron chi connectivity index (χ0n) is 10.5. The zero-order chi connectivity index (χ0) is 12.9. The number of nitrogens with two attached hydrogens (primary N) is 1. The minimum Gasteiger partial charge on any atom is -0.497 e. The van der Waals surface area contributed by atoms with Gasteiger partial charge in [0.05, 0.1) is 7.11 Å². The summed E-state index contributed by atoms with van der Waals surface area (Å²) in [5.74, 6) is 0.354. The molecule has 0 heterocycles. The molecule has 1 aromatic rings. The normalized spacial score (nSPS) is 13.9. The van der Waals surface area contributed by atoms with Crippen LogP contribution in [0.5, 0.6) is 5.75 Å². The summed E-state index contributed by atoms with van der Waals surface area (Å²) in [6, 6.07) is 7.39. The van der Waals surface area contributed by atoms with Crippen LogP contribution in [-0.2, 0) is 16.1 Å². The Bertz CT molecular complexity index is 388. The van der Waals surface area contributed by atoms with E-state index in [4.69, 9.17) is 15.2 Å². The molecular formula is C13H19NO3. The van der Waals surface area contributed by atoms with Crippen LogP contribution in [0.3, 0.4) is 0 Å². The molecule has 0 aliphatic heterocycles. The maximum Gasteiger partial charge on any atom is 0.326 e. The fourth-order valence-electron chi connectivity index (χ4n) is 1.22. The molecule has 0 fully saturated rings. The van der Waals surface area contributed by atoms with Crippen LogP contribution in [0.25, 0.3) is 0 Å². The number of benzene rings is 1. The molecule has 1 aromatic carbocycles. The molecular weight excluding hydrogens is 218 g/mol. The molecule has 2 N–H and O–H groups in total. The standard InChI is InChI=1S/C13H19NO3/c1-4-13(2,14)12(15)17-9-10-6-5-7-11(8-10)16-3/h5-8H,4,9,14H2,1-3H3. The Labute approximate surface area is 102 Å². The van der Waals surface area contributed by atoms with E-state index in [1.54, 1.807) is 14.0 Å². The summed E-state index contributed by atoms with van der Waals surface area (Å²) in [5, 5.41) is 0. The largest absolute Gasteiger partial charge is 0.497 e. The zero-order valence-corrected chi connectivity index (χ0v) is 10.5. The van der Waals surface area contributed by atoms with E-state index < -0.39 is 5.54 Å². The topological polar surface area (TPSA) is 61.6 Å². The quantitative estimate of drug-likeness (QED) is 0.794. The highest BCUT2D eigenvalue weighted by Gasteiger charge is 2.27. The molecule has 0 aliphatic carbocycles. The van der Waals surface area contributed by atoms with Crippen LogP contribution in [0.2, 0.25) is 0 Å². The van der Waals surface area contributed by atoms with E-state index in [-0.39, 0.29) is 12.6 Å². The lowest BCUT2D eigenvalue weighted by molar-refractivity contribution is -0.151. The van der Waals surface area contributed by atoms with E-state index in [0.29, 0.717) is 6.42 Å². The molecule has 0 aliphatic rings. The molecule has 0 bridgehead atoms. The highest BCUT2D eigenvalue weighted by molar-refractivity contribution is 5.79. The van der Waals surface area contributed by atoms with Gasteiger partial charge in [-0.05, 0) is 31.0 Å². The number of methoxy groups -OCH3 is 1. The maximum atomic E-state index is 11.6. The third kappa shape index (κ3) is 3.75. The van der Waals surface area contributed by atoms with Gasteiger partial charge in [-0.2, -0.15) is 0 Å². The summed E-state index contributed by atoms with van der Waals surface area (Å²) >= 11 is 0. The third-order valence-corrected chi connectivity index (χ3v) is 2.70. The van der Waals surface area contributed by atoms with Gasteiger partial charge in [0, 0.05) is 0 Å². The van der Waals surface area contributed by atoms with Crippen molar-refractivity contribution in [2.45, 2.75) is 32.4 Å². The molecule has 4 nitrogen and oxygen atoms in total. The molecule has 0 saturated carbocycles. The monoisotopic (exact) mass is 237 g/mol. The fraction of sp³-hybridized carbons (Fsp3) is 0.462. The van der Waals surface area contributed by atoms with E-state index in [0.717, 1.165) is 11.3 Å². The first-order valence-corrected chi connectivity index (χ1v) is 5.58. The molecule has 0 aromatic heterocycles. The van der Waals surface area contributed by atoms with E-state index in [9.17, 15) is 4.79 Å². The van der Waals surface area contributed by atoms with Crippen LogP contribution in [0.1, 0.15) is 25.8 Å². The van der Waals surface area contributed by atoms with Gasteiger partial charge in [0.1, 0.15) is 17.9 Å². The van der Waals surface area contributed by atoms with Gasteiger partial charge in [-0.25, -0.2) is 0 Å². The van der Waals surface area contributed by atoms with Crippen molar-refractivity contribution < 1.29 is 14.3 Å². The lowest BCUT2D eigenvalue weighted by atomic mass is 10.0. The third-order valence-electron chi connectivity index (χ3n) is 2.70. The van der Waals surface area contributed by atoms with Crippen molar-refractivity contribution in [3.05, 3.63) is 29.8 Å². The average molecular weight is 237 g/mol. The number of esters is 1. The van der Waals surface area contributed by atoms with Crippen molar-refractivity contribution in [3.63, 3.8) is 0 Å². The Morgan fingerprint density at radius 2 is 2.18 bits per heavy atom. The van der Waals surface area contributed by atoms with E-state index >= 15 is 0 Å². The van der Waals surface area contributed by atoms with Gasteiger partial charge in [-0.15, -0.1) is 0 Å². The SMILES string of the molecule is CCC(C)(N)C(=O)OCc1cccc(OC)c1. The smallest absolute Gasteiger partial charge is 0.326 e. The lowest BCUT2D eigenvalue weighted by Crippen LogP contribution is -2.45. The highest BCUT2D eigenvalue weighted by Crippen LogP contribution is 2.15. The average Bonchev–Trinajstić information content (AvgIpc) is 2.36. The predicted octanol–water partition coefficient (Wildman–Crippen LogP) is 1.87. The first-order valence-electron chi connectivity index (χ1n) is 5.58. The van der Waals surface area contributed by atoms with E-state index in [1.165, 1.54) is 0 Å². The van der Waals surface area contributed by atoms with Crippen LogP contribution in [0, 0.1) is 0 Å². The molecule has 4 heteroatoms. The molecule has 0 saturated heterocycles. The van der Waals surface area contributed by atoms with Gasteiger partial charge in [0.15, 0.2) is 0 Å². The summed E-state index contributed by atoms with van der Waals surface area (Å²) in [6.07, 6.45) is 0.546. The predicted molar refractivity (Wildman–Crippen MR) is 65.7 cm³/mol. The Hall–Kier alpha value is -1.55. The summed E-state index contributed by atoms with van der Waals surface area (Å²) < 4.78 is 10.2. The van der Waals surface area contributed by atoms with Crippen molar-refractivity contribution in [3.8, 4) is 5.75 Å². The van der Waals surface area contributed by atoms with Gasteiger partial charge < -0.3 is 15.2 Å². The summed E-state index contributed by atoms with van der Waals surface area (Å²) in [6.45, 7) is 3.73. The van der Waals surface area contributed by atoms with Crippen LogP contribution < -0.4 is 10.5 Å². The van der Waals surface area contributed by atoms with Gasteiger partial charge >= 0.3 is 5.97 Å². The number of ether oxygens (including phenoxy) is 2. The van der Waals surface area contributed by atoms with Crippen molar-refractivity contribution in [1.82, 2.24) is 0 Å². The maximum absolute atomic E-state index is 11.6. The molecule has 94 valence electrons. The molecule has 17 heavy (non-hydrogen) atoms. The van der Waals surface area contributed by atoms with Gasteiger partial charge in [0.25, 0.3) is 0 Å². The minimum absolute atomic E-state index is 0.211. The van der Waals surface area contributed by atoms with Crippen LogP contribution in [-0.4, -0.2) is 18.6 Å². The molecule has 1 atom stereocenters. The Kier molecular flexibility index (Phi) is 4.52. The van der Waals surface area contributed by atoms with Crippen molar-refractivity contribution in [2.24, 2.45) is 5.73 Å². The molecule has 1 unspecified atom stereocenters. The van der Waals surface area contributed by atoms with Crippen LogP contribution >= 0.6 is 0 Å². The highest BCUT2D eigenvalue weighted by atomic mass is 16.5. The first-order chi connectivity index (χ1) is 7.99. The lowest BCUT2D eigenvalue weighted by Gasteiger charge is -2.20. The second-order valence-corrected chi connectivity index (χ2v) is 4.20. The van der Waals surface area contributed by atoms with Crippen LogP contribution in [0.4, 0.5) is 0 Å². The fourth-order valence-corrected chi connectivity index (χ4v) is 1.22. The number of carbonyl (C=O) groups is 1. The Balaban J connectivity index is 2.58. The first kappa shape index (κ1) is 13.5. The molecule has 0 radical (unpaired) electrons. The second-order valence-electron chi connectivity index (χ2n) is 4.20. The van der Waals surface area contributed by atoms with Crippen molar-refractivity contribution in [1.29, 1.82) is 0 Å². The second kappa shape index (κ2) is 5.68. The van der Waals surface area contributed by atoms with Gasteiger partial charge in [-0.1, -0.05) is 19.1 Å². The number of rotatable bonds is 5. The van der Waals surface area contributed by atoms with E-state index in [2.05, 4.69) is 0 Å². The van der Waals surface area contributed by atoms with Crippen molar-refractivity contribution >= 4 is 5.97 Å². The van der Waals surface area contributed by atoms with Gasteiger partial charge in [0.2, 0.25) is 0 Å². The Morgan fingerprint density at radius 3 is 2.76 bits per heavy atom. The molecule has 0 amide bonds. The molecule has 0 spiro atoms. The minimum atomic E-state index is -0.918. The summed E-state index contributed by atoms with van der Waals surface area (Å²) in [5.41, 5.74) is 5.74. The summed E-state index contributed by atoms with van der Waals surface area (Å²) in [7, 11) is 1.60. The van der Waals surface area contributed by atoms with Crippen LogP contribution in [0.15, 0.2) is 24.3 Å².